The van der Waals surface area contributed by atoms with Crippen LogP contribution >= 0.6 is 11.3 Å². The van der Waals surface area contributed by atoms with Crippen molar-refractivity contribution < 1.29 is 0 Å². The predicted octanol–water partition coefficient (Wildman–Crippen LogP) is 2.44. The highest BCUT2D eigenvalue weighted by Gasteiger charge is 2.20. The maximum atomic E-state index is 4.64. The summed E-state index contributed by atoms with van der Waals surface area (Å²) in [6.07, 6.45) is 4.55. The monoisotopic (exact) mass is 303 g/mol. The van der Waals surface area contributed by atoms with Gasteiger partial charge in [0.15, 0.2) is 0 Å². The Bertz CT molecular complexity index is 620. The number of aromatic nitrogens is 3. The molecule has 0 spiro atoms. The van der Waals surface area contributed by atoms with Crippen molar-refractivity contribution in [3.05, 3.63) is 33.5 Å². The molecular weight excluding hydrogens is 282 g/mol. The average molecular weight is 303 g/mol. The van der Waals surface area contributed by atoms with E-state index in [0.717, 1.165) is 30.4 Å². The summed E-state index contributed by atoms with van der Waals surface area (Å²) in [6, 6.07) is 0.709. The molecule has 0 unspecified atom stereocenters. The molecule has 112 valence electrons. The van der Waals surface area contributed by atoms with Crippen LogP contribution in [0.5, 0.6) is 0 Å². The topological polar surface area (TPSA) is 53.9 Å². The third-order valence-corrected chi connectivity index (χ3v) is 4.71. The van der Waals surface area contributed by atoms with Crippen LogP contribution in [0, 0.1) is 13.8 Å². The molecule has 2 aromatic rings. The average Bonchev–Trinajstić information content (AvgIpc) is 3.21. The Labute approximate surface area is 129 Å². The van der Waals surface area contributed by atoms with Crippen LogP contribution in [0.3, 0.4) is 0 Å². The predicted molar refractivity (Wildman–Crippen MR) is 85.6 cm³/mol. The first-order chi connectivity index (χ1) is 10.1. The molecule has 2 heterocycles. The first-order valence-corrected chi connectivity index (χ1v) is 8.17. The highest BCUT2D eigenvalue weighted by Crippen LogP contribution is 2.20. The van der Waals surface area contributed by atoms with Gasteiger partial charge in [0, 0.05) is 42.0 Å². The number of nitrogens with zero attached hydrogens (tertiary/aromatic N) is 4. The van der Waals surface area contributed by atoms with Gasteiger partial charge >= 0.3 is 0 Å². The third-order valence-electron chi connectivity index (χ3n) is 3.79. The van der Waals surface area contributed by atoms with Crippen LogP contribution in [-0.2, 0) is 13.1 Å². The number of hydrogen-bond acceptors (Lipinski definition) is 6. The highest BCUT2D eigenvalue weighted by atomic mass is 32.1. The molecule has 1 fully saturated rings. The quantitative estimate of drug-likeness (QED) is 0.888. The zero-order valence-electron chi connectivity index (χ0n) is 12.8. The Morgan fingerprint density at radius 1 is 1.29 bits per heavy atom. The summed E-state index contributed by atoms with van der Waals surface area (Å²) in [4.78, 5) is 16.8. The molecule has 3 rings (SSSR count). The fourth-order valence-electron chi connectivity index (χ4n) is 2.14. The molecular formula is C15H21N5S. The fourth-order valence-corrected chi connectivity index (χ4v) is 2.97. The van der Waals surface area contributed by atoms with Crippen molar-refractivity contribution in [3.63, 3.8) is 0 Å². The molecule has 2 aromatic heterocycles. The first-order valence-electron chi connectivity index (χ1n) is 7.29. The van der Waals surface area contributed by atoms with Crippen LogP contribution in [0.1, 0.15) is 34.7 Å². The van der Waals surface area contributed by atoms with E-state index in [1.807, 2.05) is 25.7 Å². The Hall–Kier alpha value is -1.53. The van der Waals surface area contributed by atoms with Crippen molar-refractivity contribution in [1.82, 2.24) is 20.3 Å². The number of hydrogen-bond donors (Lipinski definition) is 1. The maximum absolute atomic E-state index is 4.64. The van der Waals surface area contributed by atoms with Gasteiger partial charge in [0.05, 0.1) is 17.7 Å². The molecule has 0 aromatic carbocycles. The molecule has 1 N–H and O–H groups in total. The maximum Gasteiger partial charge on any atom is 0.225 e. The summed E-state index contributed by atoms with van der Waals surface area (Å²) in [6.45, 7) is 5.77. The molecule has 6 heteroatoms. The van der Waals surface area contributed by atoms with Crippen molar-refractivity contribution in [2.75, 3.05) is 11.9 Å². The van der Waals surface area contributed by atoms with Crippen LogP contribution < -0.4 is 10.2 Å². The minimum absolute atomic E-state index is 0.709. The van der Waals surface area contributed by atoms with Gasteiger partial charge in [-0.2, -0.15) is 0 Å². The second kappa shape index (κ2) is 6.07. The van der Waals surface area contributed by atoms with Gasteiger partial charge in [-0.25, -0.2) is 15.0 Å². The standard InChI is InChI=1S/C15H21N5S/c1-10-12(6-16-13-4-5-13)7-17-15(19-10)20(3)8-14-11(2)18-9-21-14/h7,9,13,16H,4-6,8H2,1-3H3. The zero-order chi connectivity index (χ0) is 14.8. The van der Waals surface area contributed by atoms with Gasteiger partial charge in [0.2, 0.25) is 5.95 Å². The minimum atomic E-state index is 0.709. The highest BCUT2D eigenvalue weighted by molar-refractivity contribution is 7.09. The van der Waals surface area contributed by atoms with Gasteiger partial charge in [-0.1, -0.05) is 0 Å². The minimum Gasteiger partial charge on any atom is -0.339 e. The van der Waals surface area contributed by atoms with Gasteiger partial charge in [0.25, 0.3) is 0 Å². The van der Waals surface area contributed by atoms with Crippen LogP contribution in [-0.4, -0.2) is 28.0 Å². The molecule has 0 amide bonds. The zero-order valence-corrected chi connectivity index (χ0v) is 13.6. The van der Waals surface area contributed by atoms with Crippen molar-refractivity contribution in [3.8, 4) is 0 Å². The van der Waals surface area contributed by atoms with E-state index < -0.39 is 0 Å². The normalized spacial score (nSPS) is 14.4. The Kier molecular flexibility index (Phi) is 4.17. The number of thiazole rings is 1. The van der Waals surface area contributed by atoms with E-state index in [1.165, 1.54) is 23.3 Å². The van der Waals surface area contributed by atoms with Crippen LogP contribution in [0.25, 0.3) is 0 Å². The second-order valence-corrected chi connectivity index (χ2v) is 6.59. The molecule has 1 aliphatic rings. The largest absolute Gasteiger partial charge is 0.339 e. The van der Waals surface area contributed by atoms with E-state index in [-0.39, 0.29) is 0 Å². The van der Waals surface area contributed by atoms with E-state index >= 15 is 0 Å². The summed E-state index contributed by atoms with van der Waals surface area (Å²) >= 11 is 1.68. The van der Waals surface area contributed by atoms with E-state index in [0.29, 0.717) is 6.04 Å². The molecule has 0 saturated heterocycles. The lowest BCUT2D eigenvalue weighted by atomic mass is 10.2. The smallest absolute Gasteiger partial charge is 0.225 e. The number of aryl methyl sites for hydroxylation is 2. The van der Waals surface area contributed by atoms with Crippen LogP contribution in [0.2, 0.25) is 0 Å². The number of nitrogens with one attached hydrogen (secondary N) is 1. The van der Waals surface area contributed by atoms with Crippen molar-refractivity contribution in [2.24, 2.45) is 0 Å². The van der Waals surface area contributed by atoms with E-state index in [9.17, 15) is 0 Å². The summed E-state index contributed by atoms with van der Waals surface area (Å²) in [7, 11) is 2.02. The van der Waals surface area contributed by atoms with Gasteiger partial charge in [0.1, 0.15) is 0 Å². The molecule has 0 radical (unpaired) electrons. The van der Waals surface area contributed by atoms with Crippen molar-refractivity contribution >= 4 is 17.3 Å². The van der Waals surface area contributed by atoms with Gasteiger partial charge < -0.3 is 10.2 Å². The van der Waals surface area contributed by atoms with Crippen LogP contribution in [0.15, 0.2) is 11.7 Å². The Morgan fingerprint density at radius 2 is 2.10 bits per heavy atom. The van der Waals surface area contributed by atoms with Gasteiger partial charge in [-0.05, 0) is 26.7 Å². The molecule has 0 aliphatic heterocycles. The van der Waals surface area contributed by atoms with Gasteiger partial charge in [-0.3, -0.25) is 0 Å². The van der Waals surface area contributed by atoms with Gasteiger partial charge in [-0.15, -0.1) is 11.3 Å². The first kappa shape index (κ1) is 14.4. The lowest BCUT2D eigenvalue weighted by molar-refractivity contribution is 0.678. The summed E-state index contributed by atoms with van der Waals surface area (Å²) in [5.74, 6) is 0.774. The molecule has 21 heavy (non-hydrogen) atoms. The molecule has 1 aliphatic carbocycles. The van der Waals surface area contributed by atoms with Crippen LogP contribution in [0.4, 0.5) is 5.95 Å². The lowest BCUT2D eigenvalue weighted by Crippen LogP contribution is -2.21. The third kappa shape index (κ3) is 3.57. The number of anilines is 1. The summed E-state index contributed by atoms with van der Waals surface area (Å²) in [5, 5.41) is 3.51. The van der Waals surface area contributed by atoms with E-state index in [4.69, 9.17) is 0 Å². The summed E-state index contributed by atoms with van der Waals surface area (Å²) in [5.41, 5.74) is 5.22. The van der Waals surface area contributed by atoms with Crippen molar-refractivity contribution in [2.45, 2.75) is 45.8 Å². The SMILES string of the molecule is Cc1nc(N(C)Cc2scnc2C)ncc1CNC1CC1. The van der Waals surface area contributed by atoms with E-state index in [2.05, 4.69) is 32.1 Å². The van der Waals surface area contributed by atoms with Crippen molar-refractivity contribution in [1.29, 1.82) is 0 Å². The Morgan fingerprint density at radius 3 is 2.71 bits per heavy atom. The second-order valence-electron chi connectivity index (χ2n) is 5.65. The molecule has 1 saturated carbocycles. The molecule has 5 nitrogen and oxygen atoms in total. The number of rotatable bonds is 6. The molecule has 0 bridgehead atoms. The summed E-state index contributed by atoms with van der Waals surface area (Å²) < 4.78 is 0. The molecule has 0 atom stereocenters. The lowest BCUT2D eigenvalue weighted by Gasteiger charge is -2.17. The fraction of sp³-hybridized carbons (Fsp3) is 0.533. The Balaban J connectivity index is 1.66. The van der Waals surface area contributed by atoms with E-state index in [1.54, 1.807) is 11.3 Å².